The van der Waals surface area contributed by atoms with Crippen LogP contribution < -0.4 is 0 Å². The Morgan fingerprint density at radius 3 is 2.04 bits per heavy atom. The molecule has 3 nitrogen and oxygen atoms in total. The zero-order chi connectivity index (χ0) is 20.6. The van der Waals surface area contributed by atoms with E-state index in [-0.39, 0.29) is 17.9 Å². The van der Waals surface area contributed by atoms with Gasteiger partial charge in [-0.25, -0.2) is 0 Å². The third kappa shape index (κ3) is 4.09. The zero-order valence-corrected chi connectivity index (χ0v) is 18.3. The van der Waals surface area contributed by atoms with E-state index in [0.717, 1.165) is 25.7 Å². The van der Waals surface area contributed by atoms with Crippen LogP contribution in [0.25, 0.3) is 0 Å². The van der Waals surface area contributed by atoms with E-state index in [1.165, 1.54) is 39.3 Å². The third-order valence-corrected chi connectivity index (χ3v) is 5.93. The summed E-state index contributed by atoms with van der Waals surface area (Å²) in [5, 5.41) is 0. The molecule has 0 spiro atoms. The smallest absolute Gasteiger partial charge is 0.254 e. The predicted octanol–water partition coefficient (Wildman–Crippen LogP) is 5.27. The van der Waals surface area contributed by atoms with Gasteiger partial charge in [0.1, 0.15) is 0 Å². The molecule has 0 bridgehead atoms. The predicted molar refractivity (Wildman–Crippen MR) is 114 cm³/mol. The standard InChI is InChI=1S/C25H35NO2/c1-15(2)11-18-7-8-20-22(21(18)13-17(5)6)14-19(12-16(3)4)25(20)26-23(27)9-10-24(26)28/h7-10,15-17,19,25H,11-14H2,1-6H3/t19-,25-/m0/s1. The van der Waals surface area contributed by atoms with Crippen molar-refractivity contribution < 1.29 is 9.59 Å². The summed E-state index contributed by atoms with van der Waals surface area (Å²) in [7, 11) is 0. The minimum atomic E-state index is -0.159. The SMILES string of the molecule is CC(C)Cc1ccc2c(c1CC(C)C)C[C@H](CC(C)C)[C@@H]2N1C(=O)C=CC1=O. The van der Waals surface area contributed by atoms with Crippen molar-refractivity contribution in [1.29, 1.82) is 0 Å². The molecule has 0 radical (unpaired) electrons. The normalized spacial score (nSPS) is 21.7. The Labute approximate surface area is 170 Å². The number of rotatable bonds is 7. The van der Waals surface area contributed by atoms with Crippen LogP contribution in [-0.4, -0.2) is 16.7 Å². The van der Waals surface area contributed by atoms with Crippen molar-refractivity contribution in [1.82, 2.24) is 4.90 Å². The molecular weight excluding hydrogens is 346 g/mol. The number of nitrogens with zero attached hydrogens (tertiary/aromatic N) is 1. The zero-order valence-electron chi connectivity index (χ0n) is 18.3. The van der Waals surface area contributed by atoms with Gasteiger partial charge in [-0.15, -0.1) is 0 Å². The molecule has 1 heterocycles. The Morgan fingerprint density at radius 2 is 1.50 bits per heavy atom. The number of carbonyl (C=O) groups is 2. The Kier molecular flexibility index (Phi) is 6.12. The molecule has 1 aliphatic heterocycles. The highest BCUT2D eigenvalue weighted by molar-refractivity contribution is 6.13. The fourth-order valence-corrected chi connectivity index (χ4v) is 5.05. The number of fused-ring (bicyclic) bond motifs is 1. The molecule has 0 unspecified atom stereocenters. The Hall–Kier alpha value is -1.90. The van der Waals surface area contributed by atoms with E-state index in [9.17, 15) is 9.59 Å². The average Bonchev–Trinajstić information content (AvgIpc) is 3.08. The van der Waals surface area contributed by atoms with Crippen molar-refractivity contribution in [2.24, 2.45) is 23.7 Å². The Bertz CT molecular complexity index is 770. The van der Waals surface area contributed by atoms with Crippen LogP contribution in [0.3, 0.4) is 0 Å². The first-order chi connectivity index (χ1) is 13.2. The van der Waals surface area contributed by atoms with Crippen LogP contribution in [0.2, 0.25) is 0 Å². The van der Waals surface area contributed by atoms with Gasteiger partial charge in [-0.05, 0) is 71.6 Å². The second kappa shape index (κ2) is 8.23. The number of benzene rings is 1. The molecule has 1 aromatic carbocycles. The van der Waals surface area contributed by atoms with Gasteiger partial charge in [0.2, 0.25) is 0 Å². The summed E-state index contributed by atoms with van der Waals surface area (Å²) < 4.78 is 0. The van der Waals surface area contributed by atoms with E-state index < -0.39 is 0 Å². The number of hydrogen-bond donors (Lipinski definition) is 0. The largest absolute Gasteiger partial charge is 0.269 e. The van der Waals surface area contributed by atoms with Crippen molar-refractivity contribution in [3.63, 3.8) is 0 Å². The first kappa shape index (κ1) is 20.8. The van der Waals surface area contributed by atoms with Gasteiger partial charge in [0.05, 0.1) is 6.04 Å². The number of imide groups is 1. The second-order valence-electron chi connectivity index (χ2n) is 9.89. The molecule has 1 aliphatic carbocycles. The summed E-state index contributed by atoms with van der Waals surface area (Å²) in [5.74, 6) is 1.71. The van der Waals surface area contributed by atoms with Gasteiger partial charge >= 0.3 is 0 Å². The van der Waals surface area contributed by atoms with Gasteiger partial charge in [0.15, 0.2) is 0 Å². The molecule has 28 heavy (non-hydrogen) atoms. The lowest BCUT2D eigenvalue weighted by molar-refractivity contribution is -0.140. The van der Waals surface area contributed by atoms with Gasteiger partial charge in [0, 0.05) is 12.2 Å². The molecule has 0 saturated carbocycles. The summed E-state index contributed by atoms with van der Waals surface area (Å²) in [5.41, 5.74) is 5.54. The first-order valence-corrected chi connectivity index (χ1v) is 10.9. The molecule has 2 atom stereocenters. The fraction of sp³-hybridized carbons (Fsp3) is 0.600. The van der Waals surface area contributed by atoms with Crippen LogP contribution >= 0.6 is 0 Å². The monoisotopic (exact) mass is 381 g/mol. The lowest BCUT2D eigenvalue weighted by atomic mass is 9.87. The van der Waals surface area contributed by atoms with E-state index in [1.807, 2.05) is 0 Å². The van der Waals surface area contributed by atoms with E-state index in [1.54, 1.807) is 0 Å². The second-order valence-corrected chi connectivity index (χ2v) is 9.89. The topological polar surface area (TPSA) is 37.4 Å². The Balaban J connectivity index is 2.09. The van der Waals surface area contributed by atoms with Crippen LogP contribution in [0.4, 0.5) is 0 Å². The Morgan fingerprint density at radius 1 is 0.893 bits per heavy atom. The van der Waals surface area contributed by atoms with Gasteiger partial charge in [0.25, 0.3) is 11.8 Å². The van der Waals surface area contributed by atoms with E-state index in [2.05, 4.69) is 53.7 Å². The van der Waals surface area contributed by atoms with Crippen molar-refractivity contribution in [3.8, 4) is 0 Å². The summed E-state index contributed by atoms with van der Waals surface area (Å²) in [6.45, 7) is 13.5. The van der Waals surface area contributed by atoms with E-state index >= 15 is 0 Å². The van der Waals surface area contributed by atoms with E-state index in [0.29, 0.717) is 23.7 Å². The van der Waals surface area contributed by atoms with Crippen LogP contribution in [0.15, 0.2) is 24.3 Å². The quantitative estimate of drug-likeness (QED) is 0.604. The number of carbonyl (C=O) groups excluding carboxylic acids is 2. The molecule has 0 N–H and O–H groups in total. The lowest BCUT2D eigenvalue weighted by Gasteiger charge is -2.30. The highest BCUT2D eigenvalue weighted by Crippen LogP contribution is 2.46. The molecule has 0 saturated heterocycles. The highest BCUT2D eigenvalue weighted by atomic mass is 16.2. The molecule has 0 aromatic heterocycles. The third-order valence-electron chi connectivity index (χ3n) is 5.93. The molecule has 0 fully saturated rings. The maximum absolute atomic E-state index is 12.5. The molecular formula is C25H35NO2. The van der Waals surface area contributed by atoms with Gasteiger partial charge in [-0.3, -0.25) is 14.5 Å². The molecule has 152 valence electrons. The van der Waals surface area contributed by atoms with Gasteiger partial charge in [-0.2, -0.15) is 0 Å². The molecule has 2 amide bonds. The highest BCUT2D eigenvalue weighted by Gasteiger charge is 2.43. The molecule has 3 heteroatoms. The summed E-state index contributed by atoms with van der Waals surface area (Å²) in [6, 6.07) is 4.35. The minimum Gasteiger partial charge on any atom is -0.269 e. The van der Waals surface area contributed by atoms with Crippen molar-refractivity contribution >= 4 is 11.8 Å². The number of amides is 2. The van der Waals surface area contributed by atoms with Gasteiger partial charge in [-0.1, -0.05) is 53.7 Å². The maximum Gasteiger partial charge on any atom is 0.254 e. The van der Waals surface area contributed by atoms with Crippen LogP contribution in [-0.2, 0) is 28.9 Å². The molecule has 3 rings (SSSR count). The first-order valence-electron chi connectivity index (χ1n) is 10.9. The van der Waals surface area contributed by atoms with Crippen LogP contribution in [0.1, 0.15) is 76.3 Å². The van der Waals surface area contributed by atoms with E-state index in [4.69, 9.17) is 0 Å². The average molecular weight is 382 g/mol. The molecule has 1 aromatic rings. The number of hydrogen-bond acceptors (Lipinski definition) is 2. The summed E-state index contributed by atoms with van der Waals surface area (Å²) >= 11 is 0. The van der Waals surface area contributed by atoms with Crippen molar-refractivity contribution in [2.75, 3.05) is 0 Å². The van der Waals surface area contributed by atoms with Crippen molar-refractivity contribution in [3.05, 3.63) is 46.5 Å². The van der Waals surface area contributed by atoms with Crippen LogP contribution in [0, 0.1) is 23.7 Å². The van der Waals surface area contributed by atoms with Gasteiger partial charge < -0.3 is 0 Å². The summed E-state index contributed by atoms with van der Waals surface area (Å²) in [6.07, 6.45) is 6.99. The van der Waals surface area contributed by atoms with Crippen molar-refractivity contribution in [2.45, 2.75) is 73.3 Å². The molecule has 2 aliphatic rings. The van der Waals surface area contributed by atoms with Crippen LogP contribution in [0.5, 0.6) is 0 Å². The lowest BCUT2D eigenvalue weighted by Crippen LogP contribution is -2.37. The minimum absolute atomic E-state index is 0.119. The maximum atomic E-state index is 12.5. The summed E-state index contributed by atoms with van der Waals surface area (Å²) in [4.78, 5) is 26.5. The fourth-order valence-electron chi connectivity index (χ4n) is 5.05.